The van der Waals surface area contributed by atoms with Gasteiger partial charge in [0.2, 0.25) is 5.91 Å². The second-order valence-electron chi connectivity index (χ2n) is 7.71. The van der Waals surface area contributed by atoms with Crippen molar-refractivity contribution in [1.29, 1.82) is 0 Å². The van der Waals surface area contributed by atoms with Crippen LogP contribution in [-0.4, -0.2) is 50.2 Å². The Bertz CT molecular complexity index is 863. The summed E-state index contributed by atoms with van der Waals surface area (Å²) in [5.41, 5.74) is 3.11. The molecule has 4 nitrogen and oxygen atoms in total. The smallest absolute Gasteiger partial charge is 0.238 e. The minimum Gasteiger partial charge on any atom is -0.379 e. The molecule has 1 saturated heterocycles. The number of anilines is 1. The first kappa shape index (κ1) is 17.2. The summed E-state index contributed by atoms with van der Waals surface area (Å²) in [7, 11) is 0. The molecule has 2 aromatic rings. The zero-order valence-corrected chi connectivity index (χ0v) is 16.0. The van der Waals surface area contributed by atoms with Crippen LogP contribution in [0.3, 0.4) is 0 Å². The number of halogens is 1. The van der Waals surface area contributed by atoms with Gasteiger partial charge in [-0.3, -0.25) is 9.69 Å². The van der Waals surface area contributed by atoms with Crippen molar-refractivity contribution in [3.8, 4) is 0 Å². The molecule has 1 saturated carbocycles. The molecular weight excluding hydrogens is 360 g/mol. The van der Waals surface area contributed by atoms with Gasteiger partial charge < -0.3 is 9.64 Å². The zero-order chi connectivity index (χ0) is 18.4. The lowest BCUT2D eigenvalue weighted by Crippen LogP contribution is -2.43. The molecule has 2 fully saturated rings. The molecule has 1 spiro atoms. The van der Waals surface area contributed by atoms with E-state index in [9.17, 15) is 4.79 Å². The highest BCUT2D eigenvalue weighted by Crippen LogP contribution is 2.66. The molecule has 2 aromatic carbocycles. The van der Waals surface area contributed by atoms with Crippen molar-refractivity contribution in [3.63, 3.8) is 0 Å². The Morgan fingerprint density at radius 2 is 1.78 bits per heavy atom. The molecule has 0 radical (unpaired) electrons. The number of nitrogens with zero attached hydrogens (tertiary/aromatic N) is 2. The fourth-order valence-electron chi connectivity index (χ4n) is 4.73. The molecule has 0 aromatic heterocycles. The van der Waals surface area contributed by atoms with Gasteiger partial charge in [0.15, 0.2) is 0 Å². The summed E-state index contributed by atoms with van der Waals surface area (Å²) in [6.07, 6.45) is 0.887. The van der Waals surface area contributed by atoms with E-state index in [2.05, 4.69) is 35.2 Å². The number of carbonyl (C=O) groups is 1. The number of morpholine rings is 1. The normalized spacial score (nSPS) is 27.2. The summed E-state index contributed by atoms with van der Waals surface area (Å²) < 4.78 is 5.43. The first-order valence-electron chi connectivity index (χ1n) is 9.67. The molecule has 1 aliphatic carbocycles. The molecule has 2 atom stereocenters. The van der Waals surface area contributed by atoms with E-state index < -0.39 is 0 Å². The monoisotopic (exact) mass is 382 g/mol. The topological polar surface area (TPSA) is 32.8 Å². The second-order valence-corrected chi connectivity index (χ2v) is 8.14. The highest BCUT2D eigenvalue weighted by Gasteiger charge is 2.66. The van der Waals surface area contributed by atoms with Crippen LogP contribution in [0.15, 0.2) is 48.5 Å². The number of ether oxygens (including phenoxy) is 1. The van der Waals surface area contributed by atoms with Crippen LogP contribution < -0.4 is 4.90 Å². The van der Waals surface area contributed by atoms with Gasteiger partial charge in [-0.2, -0.15) is 0 Å². The van der Waals surface area contributed by atoms with Crippen molar-refractivity contribution < 1.29 is 9.53 Å². The number of rotatable bonds is 4. The third-order valence-corrected chi connectivity index (χ3v) is 6.53. The van der Waals surface area contributed by atoms with Crippen molar-refractivity contribution >= 4 is 23.2 Å². The summed E-state index contributed by atoms with van der Waals surface area (Å²) in [4.78, 5) is 17.9. The van der Waals surface area contributed by atoms with Gasteiger partial charge in [0.25, 0.3) is 0 Å². The number of carbonyl (C=O) groups excluding carboxylic acids is 1. The Morgan fingerprint density at radius 1 is 1.04 bits per heavy atom. The average molecular weight is 383 g/mol. The Balaban J connectivity index is 1.41. The van der Waals surface area contributed by atoms with Crippen LogP contribution in [-0.2, 0) is 14.9 Å². The molecule has 0 bridgehead atoms. The van der Waals surface area contributed by atoms with Crippen molar-refractivity contribution in [2.24, 2.45) is 0 Å². The fraction of sp³-hybridized carbons (Fsp3) is 0.409. The summed E-state index contributed by atoms with van der Waals surface area (Å²) >= 11 is 6.05. The first-order valence-corrected chi connectivity index (χ1v) is 10.0. The number of fused-ring (bicyclic) bond motifs is 2. The summed E-state index contributed by atoms with van der Waals surface area (Å²) in [6.45, 7) is 5.10. The van der Waals surface area contributed by atoms with E-state index in [0.717, 1.165) is 56.5 Å². The molecule has 2 heterocycles. The van der Waals surface area contributed by atoms with E-state index in [4.69, 9.17) is 16.3 Å². The molecule has 3 aliphatic rings. The van der Waals surface area contributed by atoms with Crippen molar-refractivity contribution in [1.82, 2.24) is 4.90 Å². The quantitative estimate of drug-likeness (QED) is 0.812. The molecule has 1 amide bonds. The van der Waals surface area contributed by atoms with Crippen molar-refractivity contribution in [2.75, 3.05) is 44.3 Å². The first-order chi connectivity index (χ1) is 13.2. The van der Waals surface area contributed by atoms with E-state index >= 15 is 0 Å². The number of hydrogen-bond acceptors (Lipinski definition) is 3. The molecule has 5 rings (SSSR count). The highest BCUT2D eigenvalue weighted by molar-refractivity contribution is 6.30. The molecular formula is C22H23ClN2O2. The molecule has 1 unspecified atom stereocenters. The van der Waals surface area contributed by atoms with Gasteiger partial charge in [-0.1, -0.05) is 41.9 Å². The zero-order valence-electron chi connectivity index (χ0n) is 15.2. The van der Waals surface area contributed by atoms with Gasteiger partial charge in [0.05, 0.1) is 18.6 Å². The lowest BCUT2D eigenvalue weighted by atomic mass is 9.92. The van der Waals surface area contributed by atoms with Crippen LogP contribution in [0.25, 0.3) is 0 Å². The van der Waals surface area contributed by atoms with Crippen LogP contribution in [0.5, 0.6) is 0 Å². The summed E-state index contributed by atoms with van der Waals surface area (Å²) in [6, 6.07) is 16.3. The van der Waals surface area contributed by atoms with Crippen LogP contribution in [0.4, 0.5) is 5.69 Å². The SMILES string of the molecule is O=C1N(CCN2CCOCC2)c2ccccc2[C@@]12CC2c1ccc(Cl)cc1. The van der Waals surface area contributed by atoms with E-state index in [1.54, 1.807) is 0 Å². The Kier molecular flexibility index (Phi) is 4.23. The third kappa shape index (κ3) is 2.78. The predicted molar refractivity (Wildman–Crippen MR) is 107 cm³/mol. The summed E-state index contributed by atoms with van der Waals surface area (Å²) in [5.74, 6) is 0.508. The van der Waals surface area contributed by atoms with Crippen LogP contribution in [0.1, 0.15) is 23.5 Å². The average Bonchev–Trinajstić information content (AvgIpc) is 3.41. The standard InChI is InChI=1S/C22H23ClN2O2/c23-17-7-5-16(6-8-17)19-15-22(19)18-3-1-2-4-20(18)25(21(22)26)10-9-24-11-13-27-14-12-24/h1-8,19H,9-15H2/t19?,22-/m1/s1. The van der Waals surface area contributed by atoms with E-state index in [-0.39, 0.29) is 17.2 Å². The van der Waals surface area contributed by atoms with Crippen LogP contribution in [0, 0.1) is 0 Å². The van der Waals surface area contributed by atoms with Crippen LogP contribution in [0.2, 0.25) is 5.02 Å². The molecule has 2 aliphatic heterocycles. The van der Waals surface area contributed by atoms with Crippen LogP contribution >= 0.6 is 11.6 Å². The number of benzene rings is 2. The number of hydrogen-bond donors (Lipinski definition) is 0. The maximum atomic E-state index is 13.5. The molecule has 27 heavy (non-hydrogen) atoms. The van der Waals surface area contributed by atoms with E-state index in [1.807, 2.05) is 23.1 Å². The fourth-order valence-corrected chi connectivity index (χ4v) is 4.86. The van der Waals surface area contributed by atoms with Crippen molar-refractivity contribution in [2.45, 2.75) is 17.8 Å². The molecule has 140 valence electrons. The van der Waals surface area contributed by atoms with Gasteiger partial charge in [-0.15, -0.1) is 0 Å². The largest absolute Gasteiger partial charge is 0.379 e. The molecule has 5 heteroatoms. The maximum Gasteiger partial charge on any atom is 0.238 e. The Morgan fingerprint density at radius 3 is 2.56 bits per heavy atom. The Hall–Kier alpha value is -1.88. The Labute approximate surface area is 164 Å². The van der Waals surface area contributed by atoms with Gasteiger partial charge in [0.1, 0.15) is 0 Å². The lowest BCUT2D eigenvalue weighted by Gasteiger charge is -2.29. The third-order valence-electron chi connectivity index (χ3n) is 6.28. The van der Waals surface area contributed by atoms with Crippen molar-refractivity contribution in [3.05, 3.63) is 64.7 Å². The highest BCUT2D eigenvalue weighted by atomic mass is 35.5. The van der Waals surface area contributed by atoms with Gasteiger partial charge in [-0.05, 0) is 35.7 Å². The lowest BCUT2D eigenvalue weighted by molar-refractivity contribution is -0.120. The number of amides is 1. The minimum atomic E-state index is -0.380. The number of para-hydroxylation sites is 1. The van der Waals surface area contributed by atoms with E-state index in [1.165, 1.54) is 11.1 Å². The predicted octanol–water partition coefficient (Wildman–Crippen LogP) is 3.44. The van der Waals surface area contributed by atoms with E-state index in [0.29, 0.717) is 0 Å². The van der Waals surface area contributed by atoms with Gasteiger partial charge in [-0.25, -0.2) is 0 Å². The summed E-state index contributed by atoms with van der Waals surface area (Å²) in [5, 5.41) is 0.735. The molecule has 0 N–H and O–H groups in total. The second kappa shape index (κ2) is 6.62. The van der Waals surface area contributed by atoms with Gasteiger partial charge >= 0.3 is 0 Å². The van der Waals surface area contributed by atoms with Gasteiger partial charge in [0, 0.05) is 42.8 Å². The minimum absolute atomic E-state index is 0.247. The maximum absolute atomic E-state index is 13.5.